The molecule has 0 aliphatic carbocycles. The van der Waals surface area contributed by atoms with E-state index in [4.69, 9.17) is 14.2 Å². The van der Waals surface area contributed by atoms with E-state index in [-0.39, 0.29) is 0 Å². The van der Waals surface area contributed by atoms with Crippen molar-refractivity contribution in [1.82, 2.24) is 15.5 Å². The number of hydrogen-bond donors (Lipinski definition) is 2. The Hall–Kier alpha value is -2.36. The second kappa shape index (κ2) is 12.3. The van der Waals surface area contributed by atoms with Crippen LogP contribution in [0, 0.1) is 0 Å². The number of ether oxygens (including phenoxy) is 3. The molecule has 0 aliphatic heterocycles. The van der Waals surface area contributed by atoms with Gasteiger partial charge in [-0.3, -0.25) is 4.90 Å². The summed E-state index contributed by atoms with van der Waals surface area (Å²) in [6.07, 6.45) is -3.62. The van der Waals surface area contributed by atoms with Crippen molar-refractivity contribution in [1.29, 1.82) is 0 Å². The van der Waals surface area contributed by atoms with Crippen LogP contribution in [0.4, 0.5) is 13.2 Å². The topological polar surface area (TPSA) is 67.4 Å². The van der Waals surface area contributed by atoms with Crippen LogP contribution >= 0.6 is 0 Å². The van der Waals surface area contributed by atoms with Gasteiger partial charge in [0.1, 0.15) is 0 Å². The molecule has 2 N–H and O–H groups in total. The summed E-state index contributed by atoms with van der Waals surface area (Å²) >= 11 is 0. The van der Waals surface area contributed by atoms with Crippen LogP contribution in [0.3, 0.4) is 0 Å². The highest BCUT2D eigenvalue weighted by Gasteiger charge is 2.28. The van der Waals surface area contributed by atoms with Crippen LogP contribution in [-0.4, -0.2) is 71.6 Å². The summed E-state index contributed by atoms with van der Waals surface area (Å²) in [7, 11) is 6.09. The molecule has 0 aromatic heterocycles. The lowest BCUT2D eigenvalue weighted by Crippen LogP contribution is -2.39. The summed E-state index contributed by atoms with van der Waals surface area (Å²) < 4.78 is 53.0. The Morgan fingerprint density at radius 3 is 2.17 bits per heavy atom. The second-order valence-corrected chi connectivity index (χ2v) is 6.36. The minimum absolute atomic E-state index is 0.332. The number of alkyl halides is 3. The summed E-state index contributed by atoms with van der Waals surface area (Å²) in [6.45, 7) is 2.88. The number of guanidine groups is 1. The Balaban J connectivity index is 2.68. The van der Waals surface area contributed by atoms with E-state index in [0.29, 0.717) is 55.8 Å². The molecular formula is C19H31F3N4O3. The van der Waals surface area contributed by atoms with Crippen molar-refractivity contribution in [2.45, 2.75) is 26.1 Å². The lowest BCUT2D eigenvalue weighted by Gasteiger charge is -2.19. The first-order valence-corrected chi connectivity index (χ1v) is 9.30. The fraction of sp³-hybridized carbons (Fsp3) is 0.632. The third kappa shape index (κ3) is 9.12. The van der Waals surface area contributed by atoms with Crippen molar-refractivity contribution >= 4 is 5.96 Å². The average molecular weight is 420 g/mol. The molecule has 0 saturated heterocycles. The molecule has 0 spiro atoms. The minimum Gasteiger partial charge on any atom is -0.493 e. The molecule has 0 saturated carbocycles. The van der Waals surface area contributed by atoms with Gasteiger partial charge in [0.05, 0.1) is 34.4 Å². The lowest BCUT2D eigenvalue weighted by atomic mass is 10.2. The van der Waals surface area contributed by atoms with Gasteiger partial charge in [-0.1, -0.05) is 0 Å². The molecule has 0 heterocycles. The monoisotopic (exact) mass is 420 g/mol. The van der Waals surface area contributed by atoms with Crippen LogP contribution in [0.1, 0.15) is 18.9 Å². The fourth-order valence-electron chi connectivity index (χ4n) is 2.68. The molecule has 1 aromatic rings. The number of halogens is 3. The maximum atomic E-state index is 12.3. The van der Waals surface area contributed by atoms with E-state index < -0.39 is 12.7 Å². The third-order valence-electron chi connectivity index (χ3n) is 3.95. The van der Waals surface area contributed by atoms with Gasteiger partial charge in [0.25, 0.3) is 0 Å². The Morgan fingerprint density at radius 2 is 1.69 bits per heavy atom. The van der Waals surface area contributed by atoms with Crippen molar-refractivity contribution in [2.75, 3.05) is 54.6 Å². The first-order chi connectivity index (χ1) is 13.7. The molecule has 10 heteroatoms. The van der Waals surface area contributed by atoms with Gasteiger partial charge in [-0.05, 0) is 44.6 Å². The van der Waals surface area contributed by atoms with Gasteiger partial charge >= 0.3 is 6.18 Å². The number of rotatable bonds is 11. The van der Waals surface area contributed by atoms with Crippen LogP contribution in [0.15, 0.2) is 17.1 Å². The summed E-state index contributed by atoms with van der Waals surface area (Å²) in [5.74, 6) is 2.18. The van der Waals surface area contributed by atoms with E-state index in [1.807, 2.05) is 19.1 Å². The molecule has 0 amide bonds. The predicted molar refractivity (Wildman–Crippen MR) is 107 cm³/mol. The Labute approximate surface area is 170 Å². The van der Waals surface area contributed by atoms with Gasteiger partial charge in [0, 0.05) is 13.1 Å². The van der Waals surface area contributed by atoms with Crippen LogP contribution < -0.4 is 24.8 Å². The lowest BCUT2D eigenvalue weighted by molar-refractivity contribution is -0.143. The molecule has 1 rings (SSSR count). The molecule has 7 nitrogen and oxygen atoms in total. The number of aliphatic imine (C=N–C) groups is 1. The van der Waals surface area contributed by atoms with Gasteiger partial charge < -0.3 is 24.8 Å². The minimum atomic E-state index is -4.18. The molecule has 1 aromatic carbocycles. The SMILES string of the molecule is CCNC(=NCc1cc(OC)c(OC)c(OC)c1)NCCCN(C)CC(F)(F)F. The highest BCUT2D eigenvalue weighted by atomic mass is 19.4. The predicted octanol–water partition coefficient (Wildman–Crippen LogP) is 2.65. The average Bonchev–Trinajstić information content (AvgIpc) is 2.66. The summed E-state index contributed by atoms with van der Waals surface area (Å²) in [6, 6.07) is 3.64. The number of hydrogen-bond acceptors (Lipinski definition) is 5. The molecule has 0 atom stereocenters. The van der Waals surface area contributed by atoms with Gasteiger partial charge in [0.2, 0.25) is 5.75 Å². The Morgan fingerprint density at radius 1 is 1.07 bits per heavy atom. The highest BCUT2D eigenvalue weighted by Crippen LogP contribution is 2.38. The Bertz CT molecular complexity index is 629. The van der Waals surface area contributed by atoms with Crippen molar-refractivity contribution < 1.29 is 27.4 Å². The van der Waals surface area contributed by atoms with Crippen LogP contribution in [-0.2, 0) is 6.54 Å². The molecule has 29 heavy (non-hydrogen) atoms. The van der Waals surface area contributed by atoms with Crippen molar-refractivity contribution in [3.63, 3.8) is 0 Å². The van der Waals surface area contributed by atoms with Gasteiger partial charge in [-0.15, -0.1) is 0 Å². The van der Waals surface area contributed by atoms with E-state index in [0.717, 1.165) is 5.56 Å². The summed E-state index contributed by atoms with van der Waals surface area (Å²) in [4.78, 5) is 5.77. The largest absolute Gasteiger partial charge is 0.493 e. The zero-order valence-electron chi connectivity index (χ0n) is 17.7. The van der Waals surface area contributed by atoms with E-state index >= 15 is 0 Å². The molecule has 0 unspecified atom stereocenters. The van der Waals surface area contributed by atoms with E-state index in [9.17, 15) is 13.2 Å². The van der Waals surface area contributed by atoms with Gasteiger partial charge in [0.15, 0.2) is 17.5 Å². The normalized spacial score (nSPS) is 12.1. The maximum Gasteiger partial charge on any atom is 0.401 e. The van der Waals surface area contributed by atoms with Gasteiger partial charge in [-0.2, -0.15) is 13.2 Å². The second-order valence-electron chi connectivity index (χ2n) is 6.36. The first-order valence-electron chi connectivity index (χ1n) is 9.30. The highest BCUT2D eigenvalue weighted by molar-refractivity contribution is 5.79. The molecular weight excluding hydrogens is 389 g/mol. The molecule has 0 bridgehead atoms. The first kappa shape index (κ1) is 24.7. The molecule has 0 aliphatic rings. The number of methoxy groups -OCH3 is 3. The Kier molecular flexibility index (Phi) is 10.4. The standard InChI is InChI=1S/C19H31F3N4O3/c1-6-23-18(24-8-7-9-26(2)13-19(20,21)22)25-12-14-10-15(27-3)17(29-5)16(11-14)28-4/h10-11H,6-9,12-13H2,1-5H3,(H2,23,24,25). The van der Waals surface area contributed by atoms with Crippen molar-refractivity contribution in [3.05, 3.63) is 17.7 Å². The molecule has 166 valence electrons. The maximum absolute atomic E-state index is 12.3. The van der Waals surface area contributed by atoms with E-state index in [1.165, 1.54) is 19.1 Å². The number of benzene rings is 1. The smallest absolute Gasteiger partial charge is 0.401 e. The van der Waals surface area contributed by atoms with E-state index in [1.54, 1.807) is 14.2 Å². The quantitative estimate of drug-likeness (QED) is 0.326. The summed E-state index contributed by atoms with van der Waals surface area (Å²) in [5.41, 5.74) is 0.863. The van der Waals surface area contributed by atoms with E-state index in [2.05, 4.69) is 15.6 Å². The summed E-state index contributed by atoms with van der Waals surface area (Å²) in [5, 5.41) is 6.25. The zero-order chi connectivity index (χ0) is 21.9. The third-order valence-corrected chi connectivity index (χ3v) is 3.95. The van der Waals surface area contributed by atoms with Crippen molar-refractivity contribution in [2.24, 2.45) is 4.99 Å². The van der Waals surface area contributed by atoms with Crippen LogP contribution in [0.2, 0.25) is 0 Å². The fourth-order valence-corrected chi connectivity index (χ4v) is 2.68. The van der Waals surface area contributed by atoms with Crippen molar-refractivity contribution in [3.8, 4) is 17.2 Å². The van der Waals surface area contributed by atoms with Crippen LogP contribution in [0.5, 0.6) is 17.2 Å². The number of nitrogens with one attached hydrogen (secondary N) is 2. The van der Waals surface area contributed by atoms with Gasteiger partial charge in [-0.25, -0.2) is 4.99 Å². The molecule has 0 fully saturated rings. The zero-order valence-corrected chi connectivity index (χ0v) is 17.7. The van der Waals surface area contributed by atoms with Crippen LogP contribution in [0.25, 0.3) is 0 Å². The molecule has 0 radical (unpaired) electrons. The number of nitrogens with zero attached hydrogens (tertiary/aromatic N) is 2.